The molecule has 0 saturated heterocycles. The molecule has 0 aliphatic rings. The van der Waals surface area contributed by atoms with Crippen molar-refractivity contribution < 1.29 is 18.7 Å². The lowest BCUT2D eigenvalue weighted by atomic mass is 10.1. The minimum atomic E-state index is -0.910. The van der Waals surface area contributed by atoms with Crippen LogP contribution in [0, 0.1) is 5.82 Å². The predicted molar refractivity (Wildman–Crippen MR) is 88.4 cm³/mol. The monoisotopic (exact) mass is 329 g/mol. The molecule has 0 saturated carbocycles. The van der Waals surface area contributed by atoms with E-state index in [9.17, 15) is 14.0 Å². The number of nitrogens with one attached hydrogen (secondary N) is 2. The SMILES string of the molecule is COc1ccc(NC(=O)C(=O)NN=C(C)c2ccc(F)cc2)cc1. The first-order valence-corrected chi connectivity index (χ1v) is 7.05. The predicted octanol–water partition coefficient (Wildman–Crippen LogP) is 2.31. The summed E-state index contributed by atoms with van der Waals surface area (Å²) in [6, 6.07) is 12.2. The zero-order valence-electron chi connectivity index (χ0n) is 13.2. The van der Waals surface area contributed by atoms with Crippen molar-refractivity contribution in [2.45, 2.75) is 6.92 Å². The molecular formula is C17H16FN3O3. The molecule has 0 unspecified atom stereocenters. The first-order valence-electron chi connectivity index (χ1n) is 7.05. The fraction of sp³-hybridized carbons (Fsp3) is 0.118. The van der Waals surface area contributed by atoms with E-state index in [2.05, 4.69) is 15.8 Å². The Morgan fingerprint density at radius 1 is 1.00 bits per heavy atom. The lowest BCUT2D eigenvalue weighted by Gasteiger charge is -2.06. The first kappa shape index (κ1) is 17.1. The number of nitrogens with zero attached hydrogens (tertiary/aromatic N) is 1. The van der Waals surface area contributed by atoms with E-state index in [4.69, 9.17) is 4.74 Å². The van der Waals surface area contributed by atoms with E-state index in [0.717, 1.165) is 0 Å². The van der Waals surface area contributed by atoms with Crippen molar-refractivity contribution in [1.29, 1.82) is 0 Å². The third-order valence-electron chi connectivity index (χ3n) is 3.14. The van der Waals surface area contributed by atoms with Gasteiger partial charge in [-0.15, -0.1) is 0 Å². The standard InChI is InChI=1S/C17H16FN3O3/c1-11(12-3-5-13(18)6-4-12)20-21-17(23)16(22)19-14-7-9-15(24-2)10-8-14/h3-10H,1-2H3,(H,19,22)(H,21,23). The van der Waals surface area contributed by atoms with Crippen LogP contribution in [0.1, 0.15) is 12.5 Å². The van der Waals surface area contributed by atoms with E-state index < -0.39 is 11.8 Å². The third-order valence-corrected chi connectivity index (χ3v) is 3.14. The molecule has 7 heteroatoms. The van der Waals surface area contributed by atoms with Gasteiger partial charge in [-0.25, -0.2) is 9.82 Å². The zero-order chi connectivity index (χ0) is 17.5. The van der Waals surface area contributed by atoms with Crippen LogP contribution in [-0.4, -0.2) is 24.6 Å². The lowest BCUT2D eigenvalue weighted by Crippen LogP contribution is -2.32. The molecule has 6 nitrogen and oxygen atoms in total. The molecule has 2 N–H and O–H groups in total. The highest BCUT2D eigenvalue weighted by Gasteiger charge is 2.13. The van der Waals surface area contributed by atoms with E-state index in [-0.39, 0.29) is 5.82 Å². The van der Waals surface area contributed by atoms with Crippen LogP contribution in [-0.2, 0) is 9.59 Å². The van der Waals surface area contributed by atoms with Crippen molar-refractivity contribution in [1.82, 2.24) is 5.43 Å². The molecule has 0 aliphatic carbocycles. The van der Waals surface area contributed by atoms with Crippen LogP contribution in [0.25, 0.3) is 0 Å². The van der Waals surface area contributed by atoms with E-state index >= 15 is 0 Å². The second kappa shape index (κ2) is 7.87. The molecule has 2 amide bonds. The van der Waals surface area contributed by atoms with Gasteiger partial charge in [0.2, 0.25) is 0 Å². The Kier molecular flexibility index (Phi) is 5.62. The number of hydrogen-bond donors (Lipinski definition) is 2. The molecule has 2 aromatic carbocycles. The Labute approximate surface area is 138 Å². The highest BCUT2D eigenvalue weighted by molar-refractivity contribution is 6.39. The Balaban J connectivity index is 1.94. The van der Waals surface area contributed by atoms with Crippen molar-refractivity contribution >= 4 is 23.2 Å². The van der Waals surface area contributed by atoms with Crippen LogP contribution < -0.4 is 15.5 Å². The van der Waals surface area contributed by atoms with Crippen molar-refractivity contribution in [2.75, 3.05) is 12.4 Å². The maximum Gasteiger partial charge on any atom is 0.329 e. The number of anilines is 1. The number of ether oxygens (including phenoxy) is 1. The molecular weight excluding hydrogens is 313 g/mol. The molecule has 0 aliphatic heterocycles. The van der Waals surface area contributed by atoms with Crippen LogP contribution in [0.4, 0.5) is 10.1 Å². The quantitative estimate of drug-likeness (QED) is 0.513. The van der Waals surface area contributed by atoms with Gasteiger partial charge in [-0.05, 0) is 48.9 Å². The lowest BCUT2D eigenvalue weighted by molar-refractivity contribution is -0.136. The Morgan fingerprint density at radius 2 is 1.62 bits per heavy atom. The topological polar surface area (TPSA) is 79.8 Å². The van der Waals surface area contributed by atoms with Crippen molar-refractivity contribution in [3.05, 3.63) is 59.9 Å². The number of hydrazone groups is 1. The third kappa shape index (κ3) is 4.64. The number of methoxy groups -OCH3 is 1. The van der Waals surface area contributed by atoms with Crippen molar-refractivity contribution in [3.63, 3.8) is 0 Å². The number of amides is 2. The summed E-state index contributed by atoms with van der Waals surface area (Å²) in [7, 11) is 1.53. The van der Waals surface area contributed by atoms with E-state index in [0.29, 0.717) is 22.7 Å². The molecule has 0 radical (unpaired) electrons. The Morgan fingerprint density at radius 3 is 2.21 bits per heavy atom. The fourth-order valence-corrected chi connectivity index (χ4v) is 1.80. The molecule has 2 aromatic rings. The molecule has 0 spiro atoms. The average Bonchev–Trinajstić information content (AvgIpc) is 2.60. The molecule has 0 heterocycles. The van der Waals surface area contributed by atoms with Crippen LogP contribution >= 0.6 is 0 Å². The van der Waals surface area contributed by atoms with Gasteiger partial charge in [-0.3, -0.25) is 9.59 Å². The van der Waals surface area contributed by atoms with Crippen molar-refractivity contribution in [2.24, 2.45) is 5.10 Å². The van der Waals surface area contributed by atoms with E-state index in [1.807, 2.05) is 0 Å². The van der Waals surface area contributed by atoms with Gasteiger partial charge < -0.3 is 10.1 Å². The molecule has 2 rings (SSSR count). The number of benzene rings is 2. The average molecular weight is 329 g/mol. The Bertz CT molecular complexity index is 756. The minimum absolute atomic E-state index is 0.366. The van der Waals surface area contributed by atoms with Gasteiger partial charge in [0.05, 0.1) is 12.8 Å². The van der Waals surface area contributed by atoms with Gasteiger partial charge in [0, 0.05) is 5.69 Å². The largest absolute Gasteiger partial charge is 0.497 e. The summed E-state index contributed by atoms with van der Waals surface area (Å²) >= 11 is 0. The fourth-order valence-electron chi connectivity index (χ4n) is 1.80. The second-order valence-corrected chi connectivity index (χ2v) is 4.83. The minimum Gasteiger partial charge on any atom is -0.497 e. The highest BCUT2D eigenvalue weighted by atomic mass is 19.1. The summed E-state index contributed by atoms with van der Waals surface area (Å²) in [5.74, 6) is -1.49. The van der Waals surface area contributed by atoms with E-state index in [1.54, 1.807) is 31.2 Å². The summed E-state index contributed by atoms with van der Waals surface area (Å²) in [5.41, 5.74) is 3.69. The molecule has 24 heavy (non-hydrogen) atoms. The van der Waals surface area contributed by atoms with Crippen LogP contribution in [0.15, 0.2) is 53.6 Å². The summed E-state index contributed by atoms with van der Waals surface area (Å²) in [6.45, 7) is 1.63. The number of rotatable bonds is 4. The summed E-state index contributed by atoms with van der Waals surface area (Å²) in [4.78, 5) is 23.5. The van der Waals surface area contributed by atoms with Crippen LogP contribution in [0.3, 0.4) is 0 Å². The first-order chi connectivity index (χ1) is 11.5. The van der Waals surface area contributed by atoms with Gasteiger partial charge in [0.25, 0.3) is 0 Å². The zero-order valence-corrected chi connectivity index (χ0v) is 13.2. The molecule has 0 fully saturated rings. The molecule has 124 valence electrons. The summed E-state index contributed by atoms with van der Waals surface area (Å²) < 4.78 is 17.9. The Hall–Kier alpha value is -3.22. The van der Waals surface area contributed by atoms with E-state index in [1.165, 1.54) is 31.4 Å². The van der Waals surface area contributed by atoms with Gasteiger partial charge in [-0.2, -0.15) is 5.10 Å². The second-order valence-electron chi connectivity index (χ2n) is 4.83. The molecule has 0 atom stereocenters. The number of carbonyl (C=O) groups is 2. The number of hydrogen-bond acceptors (Lipinski definition) is 4. The maximum atomic E-state index is 12.9. The van der Waals surface area contributed by atoms with Gasteiger partial charge >= 0.3 is 11.8 Å². The molecule has 0 bridgehead atoms. The number of halogens is 1. The van der Waals surface area contributed by atoms with Crippen molar-refractivity contribution in [3.8, 4) is 5.75 Å². The van der Waals surface area contributed by atoms with Gasteiger partial charge in [0.1, 0.15) is 11.6 Å². The molecule has 0 aromatic heterocycles. The van der Waals surface area contributed by atoms with Crippen LogP contribution in [0.5, 0.6) is 5.75 Å². The van der Waals surface area contributed by atoms with Gasteiger partial charge in [-0.1, -0.05) is 12.1 Å². The highest BCUT2D eigenvalue weighted by Crippen LogP contribution is 2.14. The van der Waals surface area contributed by atoms with Gasteiger partial charge in [0.15, 0.2) is 0 Å². The smallest absolute Gasteiger partial charge is 0.329 e. The summed E-state index contributed by atoms with van der Waals surface area (Å²) in [5, 5.41) is 6.27. The summed E-state index contributed by atoms with van der Waals surface area (Å²) in [6.07, 6.45) is 0. The maximum absolute atomic E-state index is 12.9. The van der Waals surface area contributed by atoms with Crippen LogP contribution in [0.2, 0.25) is 0 Å². The number of carbonyl (C=O) groups excluding carboxylic acids is 2. The normalized spacial score (nSPS) is 10.9.